The highest BCUT2D eigenvalue weighted by atomic mass is 16.3. The lowest BCUT2D eigenvalue weighted by atomic mass is 9.80. The Bertz CT molecular complexity index is 733. The molecule has 1 aromatic rings. The smallest absolute Gasteiger partial charge is 0.240 e. The number of aliphatic hydroxyl groups is 3. The van der Waals surface area contributed by atoms with Crippen molar-refractivity contribution in [1.29, 1.82) is 0 Å². The second kappa shape index (κ2) is 9.70. The molecule has 7 heteroatoms. The third-order valence-electron chi connectivity index (χ3n) is 4.94. The molecule has 0 amide bonds. The normalized spacial score (nSPS) is 11.9. The molecular weight excluding hydrogens is 348 g/mol. The Balaban J connectivity index is 3.60. The van der Waals surface area contributed by atoms with Crippen LogP contribution in [0.15, 0.2) is 22.1 Å². The maximum Gasteiger partial charge on any atom is 0.240 e. The zero-order valence-electron chi connectivity index (χ0n) is 16.3. The Hall–Kier alpha value is -2.14. The van der Waals surface area contributed by atoms with Gasteiger partial charge in [-0.15, -0.1) is 0 Å². The van der Waals surface area contributed by atoms with Crippen LogP contribution in [0.25, 0.3) is 0 Å². The molecule has 0 saturated heterocycles. The molecule has 0 unspecified atom stereocenters. The van der Waals surface area contributed by atoms with Crippen molar-refractivity contribution in [2.45, 2.75) is 52.0 Å². The monoisotopic (exact) mass is 376 g/mol. The van der Waals surface area contributed by atoms with Gasteiger partial charge in [-0.05, 0) is 43.7 Å². The van der Waals surface area contributed by atoms with Crippen molar-refractivity contribution in [2.75, 3.05) is 19.8 Å². The SMILES string of the molecule is CC(C)c1ccc(CCC(CO)(CO)CO)c(N=C=O)c1C(C)(C)N=C=O. The maximum atomic E-state index is 11.1. The van der Waals surface area contributed by atoms with E-state index in [1.165, 1.54) is 0 Å². The third kappa shape index (κ3) is 5.19. The second-order valence-electron chi connectivity index (χ2n) is 7.63. The maximum absolute atomic E-state index is 11.1. The Kier molecular flexibility index (Phi) is 8.22. The minimum Gasteiger partial charge on any atom is -0.396 e. The fourth-order valence-electron chi connectivity index (χ4n) is 3.11. The van der Waals surface area contributed by atoms with Crippen molar-refractivity contribution in [3.63, 3.8) is 0 Å². The number of aliphatic hydroxyl groups excluding tert-OH is 3. The van der Waals surface area contributed by atoms with Gasteiger partial charge in [0.25, 0.3) is 0 Å². The van der Waals surface area contributed by atoms with Crippen molar-refractivity contribution >= 4 is 17.8 Å². The van der Waals surface area contributed by atoms with E-state index >= 15 is 0 Å². The summed E-state index contributed by atoms with van der Waals surface area (Å²) in [5.41, 5.74) is 0.623. The van der Waals surface area contributed by atoms with Gasteiger partial charge in [0, 0.05) is 11.0 Å². The molecule has 0 spiro atoms. The molecule has 0 aliphatic rings. The van der Waals surface area contributed by atoms with Crippen LogP contribution in [0.3, 0.4) is 0 Å². The fraction of sp³-hybridized carbons (Fsp3) is 0.600. The first-order chi connectivity index (χ1) is 12.7. The predicted octanol–water partition coefficient (Wildman–Crippen LogP) is 2.24. The van der Waals surface area contributed by atoms with Crippen LogP contribution in [0.1, 0.15) is 56.7 Å². The van der Waals surface area contributed by atoms with Gasteiger partial charge < -0.3 is 15.3 Å². The number of isocyanates is 2. The lowest BCUT2D eigenvalue weighted by Crippen LogP contribution is -2.34. The van der Waals surface area contributed by atoms with E-state index in [1.807, 2.05) is 26.0 Å². The van der Waals surface area contributed by atoms with E-state index in [9.17, 15) is 24.9 Å². The Morgan fingerprint density at radius 3 is 2.07 bits per heavy atom. The zero-order valence-corrected chi connectivity index (χ0v) is 16.3. The highest BCUT2D eigenvalue weighted by Crippen LogP contribution is 2.41. The van der Waals surface area contributed by atoms with E-state index in [0.29, 0.717) is 23.2 Å². The first-order valence-corrected chi connectivity index (χ1v) is 8.87. The molecule has 7 nitrogen and oxygen atoms in total. The van der Waals surface area contributed by atoms with Gasteiger partial charge in [-0.3, -0.25) is 0 Å². The molecule has 0 heterocycles. The van der Waals surface area contributed by atoms with Gasteiger partial charge in [-0.25, -0.2) is 9.59 Å². The van der Waals surface area contributed by atoms with Crippen molar-refractivity contribution in [3.05, 3.63) is 28.8 Å². The van der Waals surface area contributed by atoms with Crippen molar-refractivity contribution < 1.29 is 24.9 Å². The molecule has 0 atom stereocenters. The van der Waals surface area contributed by atoms with Gasteiger partial charge in [0.05, 0.1) is 31.0 Å². The third-order valence-corrected chi connectivity index (χ3v) is 4.94. The van der Waals surface area contributed by atoms with E-state index in [-0.39, 0.29) is 32.2 Å². The number of carbonyl (C=O) groups excluding carboxylic acids is 2. The molecule has 3 N–H and O–H groups in total. The molecule has 0 fully saturated rings. The molecule has 0 radical (unpaired) electrons. The summed E-state index contributed by atoms with van der Waals surface area (Å²) in [6.07, 6.45) is 3.79. The van der Waals surface area contributed by atoms with Crippen LogP contribution in [0, 0.1) is 5.41 Å². The average molecular weight is 376 g/mol. The molecule has 0 aromatic heterocycles. The summed E-state index contributed by atoms with van der Waals surface area (Å²) in [6, 6.07) is 3.73. The summed E-state index contributed by atoms with van der Waals surface area (Å²) < 4.78 is 0. The van der Waals surface area contributed by atoms with Crippen molar-refractivity contribution in [3.8, 4) is 0 Å². The van der Waals surface area contributed by atoms with E-state index < -0.39 is 11.0 Å². The molecule has 0 aliphatic heterocycles. The second-order valence-corrected chi connectivity index (χ2v) is 7.63. The number of aryl methyl sites for hydroxylation is 1. The minimum absolute atomic E-state index is 0.0993. The van der Waals surface area contributed by atoms with E-state index in [2.05, 4.69) is 9.98 Å². The topological polar surface area (TPSA) is 120 Å². The number of nitrogens with zero attached hydrogens (tertiary/aromatic N) is 2. The predicted molar refractivity (Wildman–Crippen MR) is 101 cm³/mol. The van der Waals surface area contributed by atoms with Crippen LogP contribution >= 0.6 is 0 Å². The molecule has 1 aromatic carbocycles. The molecule has 27 heavy (non-hydrogen) atoms. The van der Waals surface area contributed by atoms with Crippen LogP contribution in [-0.4, -0.2) is 47.3 Å². The molecule has 0 saturated carbocycles. The molecular formula is C20H28N2O5. The number of rotatable bonds is 10. The van der Waals surface area contributed by atoms with Crippen LogP contribution in [-0.2, 0) is 21.5 Å². The van der Waals surface area contributed by atoms with Crippen molar-refractivity contribution in [2.24, 2.45) is 15.4 Å². The van der Waals surface area contributed by atoms with Crippen LogP contribution in [0.4, 0.5) is 5.69 Å². The summed E-state index contributed by atoms with van der Waals surface area (Å²) in [6.45, 7) is 6.35. The van der Waals surface area contributed by atoms with Crippen molar-refractivity contribution in [1.82, 2.24) is 0 Å². The van der Waals surface area contributed by atoms with Gasteiger partial charge in [-0.1, -0.05) is 26.0 Å². The average Bonchev–Trinajstić information content (AvgIpc) is 2.63. The summed E-state index contributed by atoms with van der Waals surface area (Å²) in [5.74, 6) is 0.0993. The molecule has 0 aliphatic carbocycles. The molecule has 148 valence electrons. The van der Waals surface area contributed by atoms with Gasteiger partial charge in [0.2, 0.25) is 12.2 Å². The largest absolute Gasteiger partial charge is 0.396 e. The Morgan fingerprint density at radius 1 is 1.04 bits per heavy atom. The van der Waals surface area contributed by atoms with Crippen LogP contribution < -0.4 is 0 Å². The van der Waals surface area contributed by atoms with Gasteiger partial charge in [0.1, 0.15) is 0 Å². The fourth-order valence-corrected chi connectivity index (χ4v) is 3.11. The first-order valence-electron chi connectivity index (χ1n) is 8.87. The molecule has 1 rings (SSSR count). The Morgan fingerprint density at radius 2 is 1.63 bits per heavy atom. The van der Waals surface area contributed by atoms with Crippen LogP contribution in [0.5, 0.6) is 0 Å². The number of benzene rings is 1. The summed E-state index contributed by atoms with van der Waals surface area (Å²) >= 11 is 0. The summed E-state index contributed by atoms with van der Waals surface area (Å²) in [7, 11) is 0. The lowest BCUT2D eigenvalue weighted by molar-refractivity contribution is -0.000255. The zero-order chi connectivity index (χ0) is 20.7. The number of hydrogen-bond acceptors (Lipinski definition) is 7. The summed E-state index contributed by atoms with van der Waals surface area (Å²) in [5, 5.41) is 28.6. The Labute approximate surface area is 159 Å². The van der Waals surface area contributed by atoms with Gasteiger partial charge in [0.15, 0.2) is 0 Å². The van der Waals surface area contributed by atoms with E-state index in [1.54, 1.807) is 26.0 Å². The lowest BCUT2D eigenvalue weighted by Gasteiger charge is -2.29. The van der Waals surface area contributed by atoms with Gasteiger partial charge >= 0.3 is 0 Å². The number of hydrogen-bond donors (Lipinski definition) is 3. The van der Waals surface area contributed by atoms with Gasteiger partial charge in [-0.2, -0.15) is 9.98 Å². The highest BCUT2D eigenvalue weighted by molar-refractivity contribution is 5.64. The quantitative estimate of drug-likeness (QED) is 0.427. The van der Waals surface area contributed by atoms with E-state index in [0.717, 1.165) is 5.56 Å². The summed E-state index contributed by atoms with van der Waals surface area (Å²) in [4.78, 5) is 29.8. The van der Waals surface area contributed by atoms with Crippen LogP contribution in [0.2, 0.25) is 0 Å². The standard InChI is InChI=1S/C20H28N2O5/c1-14(2)16-6-5-15(7-8-20(9-23,10-24)11-25)18(21-12-26)17(16)19(3,4)22-13-27/h5-6,14,23-25H,7-11H2,1-4H3. The highest BCUT2D eigenvalue weighted by Gasteiger charge is 2.31. The number of aliphatic imine (C=N–C) groups is 2. The first kappa shape index (κ1) is 22.9. The minimum atomic E-state index is -1.03. The molecule has 0 bridgehead atoms. The van der Waals surface area contributed by atoms with E-state index in [4.69, 9.17) is 0 Å².